The lowest BCUT2D eigenvalue weighted by atomic mass is 10.0. The van der Waals surface area contributed by atoms with Crippen LogP contribution < -0.4 is 10.6 Å². The SMILES string of the molecule is C=NC(=NCc1cccc(C(F)(P)C2CCCO2)c1)/C(CC)=C(/CCCCCCOCCNC=O)NCCl. The van der Waals surface area contributed by atoms with Gasteiger partial charge in [0.1, 0.15) is 0 Å². The van der Waals surface area contributed by atoms with E-state index in [1.54, 1.807) is 6.07 Å². The second kappa shape index (κ2) is 18.4. The van der Waals surface area contributed by atoms with Crippen molar-refractivity contribution in [3.05, 3.63) is 46.7 Å². The molecule has 0 radical (unpaired) electrons. The zero-order valence-electron chi connectivity index (χ0n) is 22.5. The van der Waals surface area contributed by atoms with Gasteiger partial charge in [0.05, 0.1) is 25.3 Å². The third-order valence-electron chi connectivity index (χ3n) is 6.54. The number of ether oxygens (including phenoxy) is 2. The highest BCUT2D eigenvalue weighted by Gasteiger charge is 2.39. The molecule has 0 aromatic heterocycles. The van der Waals surface area contributed by atoms with Crippen molar-refractivity contribution in [3.63, 3.8) is 0 Å². The lowest BCUT2D eigenvalue weighted by Crippen LogP contribution is -2.28. The van der Waals surface area contributed by atoms with Gasteiger partial charge in [-0.1, -0.05) is 53.3 Å². The quantitative estimate of drug-likeness (QED) is 0.0431. The summed E-state index contributed by atoms with van der Waals surface area (Å²) in [5.74, 6) is 0.583. The Balaban J connectivity index is 1.99. The zero-order valence-corrected chi connectivity index (χ0v) is 24.4. The van der Waals surface area contributed by atoms with Crippen LogP contribution in [-0.4, -0.2) is 57.4 Å². The Labute approximate surface area is 234 Å². The van der Waals surface area contributed by atoms with Crippen LogP contribution in [0.2, 0.25) is 0 Å². The van der Waals surface area contributed by atoms with Crippen LogP contribution in [0.3, 0.4) is 0 Å². The topological polar surface area (TPSA) is 84.3 Å². The number of allylic oxidation sites excluding steroid dienone is 1. The van der Waals surface area contributed by atoms with E-state index in [1.807, 2.05) is 18.2 Å². The number of amidine groups is 1. The monoisotopic (exact) mass is 568 g/mol. The van der Waals surface area contributed by atoms with Crippen LogP contribution >= 0.6 is 20.8 Å². The van der Waals surface area contributed by atoms with Crippen molar-refractivity contribution >= 4 is 39.8 Å². The van der Waals surface area contributed by atoms with Crippen LogP contribution in [0.5, 0.6) is 0 Å². The fraction of sp³-hybridized carbons (Fsp3) is 0.607. The van der Waals surface area contributed by atoms with Crippen molar-refractivity contribution in [1.82, 2.24) is 10.6 Å². The molecule has 1 saturated heterocycles. The number of carbonyl (C=O) groups excluding carboxylic acids is 1. The maximum Gasteiger partial charge on any atom is 0.207 e. The molecule has 2 N–H and O–H groups in total. The predicted molar refractivity (Wildman–Crippen MR) is 158 cm³/mol. The van der Waals surface area contributed by atoms with Crippen molar-refractivity contribution in [3.8, 4) is 0 Å². The van der Waals surface area contributed by atoms with Crippen LogP contribution in [0.1, 0.15) is 69.4 Å². The molecule has 1 aliphatic rings. The lowest BCUT2D eigenvalue weighted by molar-refractivity contribution is -0.109. The van der Waals surface area contributed by atoms with Crippen molar-refractivity contribution in [2.75, 3.05) is 32.4 Å². The van der Waals surface area contributed by atoms with E-state index in [-0.39, 0.29) is 0 Å². The summed E-state index contributed by atoms with van der Waals surface area (Å²) in [5, 5.41) is 4.24. The second-order valence-corrected chi connectivity index (χ2v) is 10.3. The molecule has 3 unspecified atom stereocenters. The van der Waals surface area contributed by atoms with E-state index in [1.165, 1.54) is 0 Å². The number of rotatable bonds is 19. The molecule has 212 valence electrons. The number of benzene rings is 1. The summed E-state index contributed by atoms with van der Waals surface area (Å²) in [6, 6.07) is 7.75. The maximum absolute atomic E-state index is 15.5. The van der Waals surface area contributed by atoms with Gasteiger partial charge in [0.15, 0.2) is 11.2 Å². The van der Waals surface area contributed by atoms with Crippen LogP contribution in [0, 0.1) is 0 Å². The summed E-state index contributed by atoms with van der Waals surface area (Å²) in [6.45, 7) is 8.56. The molecule has 1 aliphatic heterocycles. The summed E-state index contributed by atoms with van der Waals surface area (Å²) in [7, 11) is 2.34. The highest BCUT2D eigenvalue weighted by Crippen LogP contribution is 2.42. The van der Waals surface area contributed by atoms with E-state index >= 15 is 4.39 Å². The molecule has 0 bridgehead atoms. The van der Waals surface area contributed by atoms with Crippen molar-refractivity contribution in [1.29, 1.82) is 0 Å². The van der Waals surface area contributed by atoms with Crippen molar-refractivity contribution < 1.29 is 18.7 Å². The summed E-state index contributed by atoms with van der Waals surface area (Å²) < 4.78 is 26.7. The Hall–Kier alpha value is -1.86. The number of unbranched alkanes of at least 4 members (excludes halogenated alkanes) is 3. The number of hydrogen-bond acceptors (Lipinski definition) is 5. The molecule has 7 nitrogen and oxygen atoms in total. The van der Waals surface area contributed by atoms with Gasteiger partial charge in [-0.2, -0.15) is 0 Å². The number of nitrogens with zero attached hydrogens (tertiary/aromatic N) is 2. The van der Waals surface area contributed by atoms with Gasteiger partial charge < -0.3 is 20.1 Å². The van der Waals surface area contributed by atoms with Gasteiger partial charge in [-0.3, -0.25) is 9.79 Å². The van der Waals surface area contributed by atoms with Gasteiger partial charge in [-0.05, 0) is 56.4 Å². The minimum atomic E-state index is -1.62. The average molecular weight is 569 g/mol. The fourth-order valence-electron chi connectivity index (χ4n) is 4.49. The predicted octanol–water partition coefficient (Wildman–Crippen LogP) is 5.63. The van der Waals surface area contributed by atoms with E-state index in [2.05, 4.69) is 38.5 Å². The van der Waals surface area contributed by atoms with E-state index in [0.29, 0.717) is 63.1 Å². The summed E-state index contributed by atoms with van der Waals surface area (Å²) in [5.41, 5.74) is 3.50. The Morgan fingerprint density at radius 2 is 2.16 bits per heavy atom. The third-order valence-corrected chi connectivity index (χ3v) is 7.38. The first-order valence-corrected chi connectivity index (χ1v) is 14.6. The lowest BCUT2D eigenvalue weighted by Gasteiger charge is -2.27. The molecule has 0 saturated carbocycles. The molecule has 1 fully saturated rings. The minimum Gasteiger partial charge on any atom is -0.380 e. The average Bonchev–Trinajstić information content (AvgIpc) is 3.48. The zero-order chi connectivity index (χ0) is 27.6. The minimum absolute atomic E-state index is 0.296. The van der Waals surface area contributed by atoms with Gasteiger partial charge in [-0.15, -0.1) is 11.6 Å². The molecule has 2 rings (SSSR count). The first-order chi connectivity index (χ1) is 18.5. The molecule has 10 heteroatoms. The Morgan fingerprint density at radius 3 is 2.84 bits per heavy atom. The van der Waals surface area contributed by atoms with Gasteiger partial charge in [0, 0.05) is 31.0 Å². The first-order valence-electron chi connectivity index (χ1n) is 13.4. The summed E-state index contributed by atoms with van der Waals surface area (Å²) in [4.78, 5) is 19.2. The van der Waals surface area contributed by atoms with E-state index in [4.69, 9.17) is 26.1 Å². The van der Waals surface area contributed by atoms with E-state index in [9.17, 15) is 4.79 Å². The Bertz CT molecular complexity index is 923. The van der Waals surface area contributed by atoms with Crippen LogP contribution in [0.4, 0.5) is 4.39 Å². The fourth-order valence-corrected chi connectivity index (χ4v) is 5.10. The number of amides is 1. The second-order valence-electron chi connectivity index (χ2n) is 9.24. The van der Waals surface area contributed by atoms with Crippen LogP contribution in [0.15, 0.2) is 45.5 Å². The molecule has 1 aromatic carbocycles. The Morgan fingerprint density at radius 1 is 1.34 bits per heavy atom. The number of aliphatic imine (C=N–C) groups is 2. The van der Waals surface area contributed by atoms with Crippen molar-refractivity contribution in [2.45, 2.75) is 76.3 Å². The number of nitrogens with one attached hydrogen (secondary N) is 2. The molecule has 3 atom stereocenters. The number of halogens is 2. The molecule has 0 spiro atoms. The molecule has 1 aromatic rings. The highest BCUT2D eigenvalue weighted by atomic mass is 35.5. The highest BCUT2D eigenvalue weighted by molar-refractivity contribution is 7.18. The molecule has 1 amide bonds. The standard InChI is InChI=1S/C28H43ClFN4O3P/c1-3-24(25(34-20-29)12-6-4-5-7-15-36-17-14-32-21-35)27(31-2)33-19-22-10-8-11-23(18-22)28(30,38)26-13-9-16-37-26/h8,10-11,18,21,26,34H,2-7,9,12-17,19-20,38H2,1H3,(H,32,35)/b25-24-,33-27?. The number of alkyl halides is 2. The van der Waals surface area contributed by atoms with E-state index < -0.39 is 11.5 Å². The maximum atomic E-state index is 15.5. The van der Waals surface area contributed by atoms with Crippen LogP contribution in [-0.2, 0) is 26.2 Å². The summed E-state index contributed by atoms with van der Waals surface area (Å²) in [6.07, 6.45) is 7.49. The third kappa shape index (κ3) is 10.7. The summed E-state index contributed by atoms with van der Waals surface area (Å²) >= 11 is 6.04. The van der Waals surface area contributed by atoms with Gasteiger partial charge in [0.25, 0.3) is 0 Å². The van der Waals surface area contributed by atoms with Gasteiger partial charge >= 0.3 is 0 Å². The molecule has 38 heavy (non-hydrogen) atoms. The van der Waals surface area contributed by atoms with Crippen LogP contribution in [0.25, 0.3) is 0 Å². The molecule has 1 heterocycles. The number of hydrogen-bond donors (Lipinski definition) is 2. The normalized spacial score (nSPS) is 18.0. The largest absolute Gasteiger partial charge is 0.380 e. The molecular formula is C28H43ClFN4O3P. The molecule has 0 aliphatic carbocycles. The first kappa shape index (κ1) is 32.4. The van der Waals surface area contributed by atoms with Gasteiger partial charge in [-0.25, -0.2) is 9.38 Å². The smallest absolute Gasteiger partial charge is 0.207 e. The van der Waals surface area contributed by atoms with Crippen molar-refractivity contribution in [2.24, 2.45) is 9.98 Å². The van der Waals surface area contributed by atoms with Gasteiger partial charge in [0.2, 0.25) is 6.41 Å². The number of carbonyl (C=O) groups is 1. The van der Waals surface area contributed by atoms with E-state index in [0.717, 1.165) is 61.8 Å². The Kier molecular flexibility index (Phi) is 15.7. The molecular weight excluding hydrogens is 526 g/mol.